The van der Waals surface area contributed by atoms with Crippen molar-refractivity contribution in [2.24, 2.45) is 0 Å². The molecule has 0 aliphatic rings. The number of aryl methyl sites for hydroxylation is 1. The Kier molecular flexibility index (Phi) is 4.01. The number of hydrogen-bond donors (Lipinski definition) is 1. The highest BCUT2D eigenvalue weighted by atomic mass is 35.5. The van der Waals surface area contributed by atoms with E-state index in [9.17, 15) is 14.9 Å². The number of non-ortho nitro benzene ring substituents is 1. The van der Waals surface area contributed by atoms with Crippen molar-refractivity contribution < 1.29 is 4.92 Å². The predicted octanol–water partition coefficient (Wildman–Crippen LogP) is 4.23. The molecule has 27 heavy (non-hydrogen) atoms. The molecule has 0 fully saturated rings. The predicted molar refractivity (Wildman–Crippen MR) is 103 cm³/mol. The average Bonchev–Trinajstić information content (AvgIpc) is 2.99. The van der Waals surface area contributed by atoms with Crippen molar-refractivity contribution in [3.05, 3.63) is 85.8 Å². The van der Waals surface area contributed by atoms with Crippen molar-refractivity contribution in [2.45, 2.75) is 6.92 Å². The summed E-state index contributed by atoms with van der Waals surface area (Å²) < 4.78 is 1.38. The Morgan fingerprint density at radius 2 is 1.70 bits per heavy atom. The standard InChI is InChI=1S/C19H13ClN4O3/c1-11-18(13-2-6-14(20)7-3-13)19-21-16(10-17(25)23(19)22-11)12-4-8-15(9-5-12)24(26)27/h2-10,22H,1H3. The number of nitro benzene ring substituents is 1. The molecule has 0 bridgehead atoms. The highest BCUT2D eigenvalue weighted by Gasteiger charge is 2.16. The van der Waals surface area contributed by atoms with Crippen LogP contribution in [-0.4, -0.2) is 19.5 Å². The van der Waals surface area contributed by atoms with E-state index in [0.29, 0.717) is 21.9 Å². The molecule has 0 aliphatic heterocycles. The van der Waals surface area contributed by atoms with Gasteiger partial charge in [-0.3, -0.25) is 20.0 Å². The van der Waals surface area contributed by atoms with Crippen LogP contribution in [0.3, 0.4) is 0 Å². The van der Waals surface area contributed by atoms with Crippen LogP contribution >= 0.6 is 11.6 Å². The summed E-state index contributed by atoms with van der Waals surface area (Å²) in [7, 11) is 0. The maximum absolute atomic E-state index is 12.6. The van der Waals surface area contributed by atoms with Gasteiger partial charge in [0.1, 0.15) is 0 Å². The van der Waals surface area contributed by atoms with E-state index >= 15 is 0 Å². The van der Waals surface area contributed by atoms with E-state index in [1.807, 2.05) is 19.1 Å². The van der Waals surface area contributed by atoms with Gasteiger partial charge >= 0.3 is 0 Å². The third-order valence-electron chi connectivity index (χ3n) is 4.30. The van der Waals surface area contributed by atoms with Crippen molar-refractivity contribution in [1.29, 1.82) is 0 Å². The third kappa shape index (κ3) is 2.98. The molecule has 2 heterocycles. The van der Waals surface area contributed by atoms with Crippen LogP contribution < -0.4 is 5.56 Å². The van der Waals surface area contributed by atoms with Gasteiger partial charge in [-0.2, -0.15) is 0 Å². The summed E-state index contributed by atoms with van der Waals surface area (Å²) in [5, 5.41) is 14.5. The van der Waals surface area contributed by atoms with E-state index in [1.165, 1.54) is 22.7 Å². The van der Waals surface area contributed by atoms with E-state index in [0.717, 1.165) is 16.8 Å². The zero-order valence-corrected chi connectivity index (χ0v) is 14.9. The van der Waals surface area contributed by atoms with Crippen LogP contribution in [0.5, 0.6) is 0 Å². The minimum absolute atomic E-state index is 0.0177. The molecule has 1 N–H and O–H groups in total. The van der Waals surface area contributed by atoms with E-state index in [1.54, 1.807) is 24.3 Å². The lowest BCUT2D eigenvalue weighted by Gasteiger charge is -2.04. The number of fused-ring (bicyclic) bond motifs is 1. The minimum atomic E-state index is -0.469. The lowest BCUT2D eigenvalue weighted by molar-refractivity contribution is -0.384. The number of nitrogens with zero attached hydrogens (tertiary/aromatic N) is 3. The van der Waals surface area contributed by atoms with E-state index in [2.05, 4.69) is 10.1 Å². The Balaban J connectivity index is 1.92. The number of hydrogen-bond acceptors (Lipinski definition) is 4. The summed E-state index contributed by atoms with van der Waals surface area (Å²) in [6, 6.07) is 14.6. The van der Waals surface area contributed by atoms with Crippen LogP contribution in [0.1, 0.15) is 5.69 Å². The normalized spacial score (nSPS) is 11.0. The summed E-state index contributed by atoms with van der Waals surface area (Å²) in [5.41, 5.74) is 3.74. The molecule has 0 unspecified atom stereocenters. The molecule has 2 aromatic heterocycles. The molecule has 8 heteroatoms. The Hall–Kier alpha value is -3.45. The number of nitrogens with one attached hydrogen (secondary N) is 1. The monoisotopic (exact) mass is 380 g/mol. The number of H-pyrrole nitrogens is 1. The van der Waals surface area contributed by atoms with Gasteiger partial charge in [0.15, 0.2) is 5.65 Å². The van der Waals surface area contributed by atoms with Crippen LogP contribution in [0.25, 0.3) is 28.0 Å². The first-order chi connectivity index (χ1) is 12.9. The molecule has 134 valence electrons. The highest BCUT2D eigenvalue weighted by molar-refractivity contribution is 6.30. The van der Waals surface area contributed by atoms with Crippen LogP contribution in [0, 0.1) is 17.0 Å². The zero-order chi connectivity index (χ0) is 19.1. The van der Waals surface area contributed by atoms with Gasteiger partial charge in [0.25, 0.3) is 11.2 Å². The Morgan fingerprint density at radius 1 is 1.07 bits per heavy atom. The molecular formula is C19H13ClN4O3. The molecule has 0 atom stereocenters. The SMILES string of the molecule is Cc1[nH]n2c(=O)cc(-c3ccc([N+](=O)[O-])cc3)nc2c1-c1ccc(Cl)cc1. The first-order valence-electron chi connectivity index (χ1n) is 8.07. The highest BCUT2D eigenvalue weighted by Crippen LogP contribution is 2.29. The number of benzene rings is 2. The van der Waals surface area contributed by atoms with Crippen molar-refractivity contribution in [3.63, 3.8) is 0 Å². The fourth-order valence-corrected chi connectivity index (χ4v) is 3.14. The molecular weight excluding hydrogens is 368 g/mol. The largest absolute Gasteiger partial charge is 0.293 e. The molecule has 2 aromatic carbocycles. The molecule has 4 rings (SSSR count). The molecule has 0 radical (unpaired) electrons. The Morgan fingerprint density at radius 3 is 2.33 bits per heavy atom. The molecule has 0 spiro atoms. The lowest BCUT2D eigenvalue weighted by atomic mass is 10.1. The minimum Gasteiger partial charge on any atom is -0.293 e. The molecule has 0 amide bonds. The Labute approximate surface area is 158 Å². The average molecular weight is 381 g/mol. The molecule has 0 saturated carbocycles. The smallest absolute Gasteiger partial charge is 0.273 e. The topological polar surface area (TPSA) is 93.3 Å². The zero-order valence-electron chi connectivity index (χ0n) is 14.1. The maximum Gasteiger partial charge on any atom is 0.273 e. The van der Waals surface area contributed by atoms with Crippen LogP contribution in [0.4, 0.5) is 5.69 Å². The number of halogens is 1. The summed E-state index contributed by atoms with van der Waals surface area (Å²) in [5.74, 6) is 0. The van der Waals surface area contributed by atoms with Gasteiger partial charge < -0.3 is 0 Å². The lowest BCUT2D eigenvalue weighted by Crippen LogP contribution is -2.14. The van der Waals surface area contributed by atoms with Crippen LogP contribution in [0.2, 0.25) is 5.02 Å². The summed E-state index contributed by atoms with van der Waals surface area (Å²) in [6.45, 7) is 1.86. The van der Waals surface area contributed by atoms with Crippen molar-refractivity contribution >= 4 is 22.9 Å². The van der Waals surface area contributed by atoms with Crippen molar-refractivity contribution in [1.82, 2.24) is 14.6 Å². The summed E-state index contributed by atoms with van der Waals surface area (Å²) in [4.78, 5) is 27.6. The van der Waals surface area contributed by atoms with Gasteiger partial charge in [-0.15, -0.1) is 0 Å². The second kappa shape index (κ2) is 6.37. The molecule has 0 saturated heterocycles. The van der Waals surface area contributed by atoms with E-state index in [4.69, 9.17) is 11.6 Å². The van der Waals surface area contributed by atoms with Gasteiger partial charge in [-0.1, -0.05) is 23.7 Å². The first kappa shape index (κ1) is 17.0. The molecule has 4 aromatic rings. The van der Waals surface area contributed by atoms with Gasteiger partial charge in [-0.05, 0) is 36.8 Å². The molecule has 7 nitrogen and oxygen atoms in total. The third-order valence-corrected chi connectivity index (χ3v) is 4.56. The second-order valence-corrected chi connectivity index (χ2v) is 6.50. The van der Waals surface area contributed by atoms with E-state index < -0.39 is 4.92 Å². The first-order valence-corrected chi connectivity index (χ1v) is 8.45. The fraction of sp³-hybridized carbons (Fsp3) is 0.0526. The van der Waals surface area contributed by atoms with Crippen LogP contribution in [-0.2, 0) is 0 Å². The quantitative estimate of drug-likeness (QED) is 0.425. The number of rotatable bonds is 3. The second-order valence-electron chi connectivity index (χ2n) is 6.06. The van der Waals surface area contributed by atoms with Gasteiger partial charge in [0, 0.05) is 40.0 Å². The number of nitro groups is 1. The Bertz CT molecular complexity index is 1230. The molecule has 0 aliphatic carbocycles. The number of aromatic amines is 1. The van der Waals surface area contributed by atoms with Crippen molar-refractivity contribution in [2.75, 3.05) is 0 Å². The fourth-order valence-electron chi connectivity index (χ4n) is 3.01. The van der Waals surface area contributed by atoms with E-state index in [-0.39, 0.29) is 11.2 Å². The van der Waals surface area contributed by atoms with Gasteiger partial charge in [0.2, 0.25) is 0 Å². The number of aromatic nitrogens is 3. The van der Waals surface area contributed by atoms with Crippen molar-refractivity contribution in [3.8, 4) is 22.4 Å². The summed E-state index contributed by atoms with van der Waals surface area (Å²) in [6.07, 6.45) is 0. The summed E-state index contributed by atoms with van der Waals surface area (Å²) >= 11 is 5.97. The maximum atomic E-state index is 12.6. The van der Waals surface area contributed by atoms with Gasteiger partial charge in [-0.25, -0.2) is 9.50 Å². The van der Waals surface area contributed by atoms with Crippen LogP contribution in [0.15, 0.2) is 59.4 Å². The van der Waals surface area contributed by atoms with Gasteiger partial charge in [0.05, 0.1) is 10.6 Å².